The minimum Gasteiger partial charge on any atom is -0.372 e. The monoisotopic (exact) mass is 310 g/mol. The highest BCUT2D eigenvalue weighted by Gasteiger charge is 2.51. The number of nitrogens with one attached hydrogen (secondary N) is 1. The lowest BCUT2D eigenvalue weighted by atomic mass is 9.79. The van der Waals surface area contributed by atoms with Crippen molar-refractivity contribution in [1.29, 1.82) is 0 Å². The summed E-state index contributed by atoms with van der Waals surface area (Å²) in [6.07, 6.45) is 1.86. The second kappa shape index (κ2) is 5.68. The van der Waals surface area contributed by atoms with Gasteiger partial charge in [0, 0.05) is 26.2 Å². The van der Waals surface area contributed by atoms with Crippen LogP contribution in [-0.2, 0) is 14.8 Å². The molecule has 0 saturated carbocycles. The summed E-state index contributed by atoms with van der Waals surface area (Å²) in [5, 5.41) is 0. The minimum absolute atomic E-state index is 0.0209. The van der Waals surface area contributed by atoms with E-state index in [4.69, 9.17) is 4.74 Å². The molecule has 0 amide bonds. The smallest absolute Gasteiger partial charge is 0.240 e. The number of rotatable bonds is 5. The topological polar surface area (TPSA) is 58.6 Å². The highest BCUT2D eigenvalue weighted by Crippen LogP contribution is 2.40. The van der Waals surface area contributed by atoms with E-state index >= 15 is 0 Å². The number of nitrogens with zero attached hydrogens (tertiary/aromatic N) is 1. The van der Waals surface area contributed by atoms with Crippen molar-refractivity contribution in [2.24, 2.45) is 5.92 Å². The van der Waals surface area contributed by atoms with Crippen LogP contribution in [0.25, 0.3) is 0 Å². The highest BCUT2D eigenvalue weighted by molar-refractivity contribution is 7.89. The fraction of sp³-hybridized carbons (Fsp3) is 0.600. The van der Waals surface area contributed by atoms with E-state index in [1.165, 1.54) is 0 Å². The lowest BCUT2D eigenvalue weighted by Gasteiger charge is -2.48. The number of sulfonamides is 1. The van der Waals surface area contributed by atoms with Gasteiger partial charge in [-0.3, -0.25) is 0 Å². The molecule has 2 saturated heterocycles. The van der Waals surface area contributed by atoms with Crippen LogP contribution in [0, 0.1) is 5.92 Å². The number of hydrogen-bond donors (Lipinski definition) is 1. The first-order valence-corrected chi connectivity index (χ1v) is 8.87. The summed E-state index contributed by atoms with van der Waals surface area (Å²) in [5.41, 5.74) is -0.0209. The maximum atomic E-state index is 12.2. The number of likely N-dealkylation sites (tertiary alicyclic amines) is 1. The van der Waals surface area contributed by atoms with Crippen molar-refractivity contribution in [1.82, 2.24) is 9.62 Å². The van der Waals surface area contributed by atoms with Crippen LogP contribution >= 0.6 is 0 Å². The maximum absolute atomic E-state index is 12.2. The third-order valence-corrected chi connectivity index (χ3v) is 5.99. The summed E-state index contributed by atoms with van der Waals surface area (Å²) in [5.74, 6) is 0.451. The van der Waals surface area contributed by atoms with E-state index in [9.17, 15) is 8.42 Å². The summed E-state index contributed by atoms with van der Waals surface area (Å²) in [6.45, 7) is 3.19. The average molecular weight is 310 g/mol. The van der Waals surface area contributed by atoms with Gasteiger partial charge in [-0.1, -0.05) is 18.2 Å². The second-order valence-electron chi connectivity index (χ2n) is 6.07. The van der Waals surface area contributed by atoms with Gasteiger partial charge in [0.2, 0.25) is 10.0 Å². The fourth-order valence-electron chi connectivity index (χ4n) is 3.46. The van der Waals surface area contributed by atoms with Crippen molar-refractivity contribution < 1.29 is 13.2 Å². The summed E-state index contributed by atoms with van der Waals surface area (Å²) >= 11 is 0. The molecular formula is C15H22N2O3S. The third-order valence-electron chi connectivity index (χ3n) is 4.51. The molecule has 0 bridgehead atoms. The Morgan fingerprint density at radius 1 is 1.33 bits per heavy atom. The van der Waals surface area contributed by atoms with Crippen molar-refractivity contribution in [3.8, 4) is 0 Å². The summed E-state index contributed by atoms with van der Waals surface area (Å²) in [7, 11) is -1.30. The Morgan fingerprint density at radius 2 is 2.05 bits per heavy atom. The van der Waals surface area contributed by atoms with E-state index in [0.717, 1.165) is 32.5 Å². The zero-order valence-electron chi connectivity index (χ0n) is 12.3. The van der Waals surface area contributed by atoms with Gasteiger partial charge < -0.3 is 9.64 Å². The summed E-state index contributed by atoms with van der Waals surface area (Å²) in [6, 6.07) is 8.51. The fourth-order valence-corrected chi connectivity index (χ4v) is 4.53. The van der Waals surface area contributed by atoms with Crippen LogP contribution in [0.15, 0.2) is 35.2 Å². The molecule has 1 aromatic rings. The van der Waals surface area contributed by atoms with Crippen molar-refractivity contribution in [2.75, 3.05) is 33.3 Å². The van der Waals surface area contributed by atoms with Gasteiger partial charge in [0.15, 0.2) is 0 Å². The maximum Gasteiger partial charge on any atom is 0.240 e. The second-order valence-corrected chi connectivity index (χ2v) is 7.84. The van der Waals surface area contributed by atoms with Crippen LogP contribution in [0.1, 0.15) is 12.8 Å². The van der Waals surface area contributed by atoms with Crippen LogP contribution in [0.2, 0.25) is 0 Å². The third kappa shape index (κ3) is 2.99. The molecule has 2 fully saturated rings. The number of hydrogen-bond acceptors (Lipinski definition) is 4. The van der Waals surface area contributed by atoms with E-state index < -0.39 is 10.0 Å². The molecule has 0 radical (unpaired) electrons. The molecule has 0 aromatic heterocycles. The predicted octanol–water partition coefficient (Wildman–Crippen LogP) is 1.08. The molecule has 1 atom stereocenters. The number of ether oxygens (including phenoxy) is 1. The standard InChI is InChI=1S/C15H22N2O3S/c1-17-11-15(12-17)13(8-10-20-15)7-9-16-21(18,19)14-5-3-2-4-6-14/h2-6,13,16H,7-12H2,1H3/t13-/m0/s1. The lowest BCUT2D eigenvalue weighted by molar-refractivity contribution is -0.124. The van der Waals surface area contributed by atoms with Crippen LogP contribution < -0.4 is 4.72 Å². The lowest BCUT2D eigenvalue weighted by Crippen LogP contribution is -2.63. The molecule has 2 aliphatic rings. The van der Waals surface area contributed by atoms with Crippen LogP contribution in [0.3, 0.4) is 0 Å². The molecule has 1 aromatic carbocycles. The summed E-state index contributed by atoms with van der Waals surface area (Å²) in [4.78, 5) is 2.57. The van der Waals surface area contributed by atoms with E-state index in [0.29, 0.717) is 17.4 Å². The Hall–Kier alpha value is -0.950. The molecule has 0 aliphatic carbocycles. The van der Waals surface area contributed by atoms with Gasteiger partial charge in [0.05, 0.1) is 10.5 Å². The van der Waals surface area contributed by atoms with E-state index in [-0.39, 0.29) is 5.60 Å². The Kier molecular flexibility index (Phi) is 4.05. The van der Waals surface area contributed by atoms with E-state index in [2.05, 4.69) is 16.7 Å². The van der Waals surface area contributed by atoms with Crippen molar-refractivity contribution in [3.63, 3.8) is 0 Å². The molecule has 116 valence electrons. The SMILES string of the molecule is CN1CC2(C1)OCC[C@@H]2CCNS(=O)(=O)c1ccccc1. The molecule has 1 N–H and O–H groups in total. The largest absolute Gasteiger partial charge is 0.372 e. The Bertz CT molecular complexity index is 582. The zero-order chi connectivity index (χ0) is 14.9. The molecule has 21 heavy (non-hydrogen) atoms. The van der Waals surface area contributed by atoms with Gasteiger partial charge in [-0.05, 0) is 37.9 Å². The molecule has 0 unspecified atom stereocenters. The highest BCUT2D eigenvalue weighted by atomic mass is 32.2. The first kappa shape index (κ1) is 15.0. The molecule has 6 heteroatoms. The molecule has 2 heterocycles. The van der Waals surface area contributed by atoms with Gasteiger partial charge in [-0.2, -0.15) is 0 Å². The quantitative estimate of drug-likeness (QED) is 0.884. The van der Waals surface area contributed by atoms with Crippen LogP contribution in [0.4, 0.5) is 0 Å². The van der Waals surface area contributed by atoms with Crippen molar-refractivity contribution in [2.45, 2.75) is 23.3 Å². The molecular weight excluding hydrogens is 288 g/mol. The predicted molar refractivity (Wildman–Crippen MR) is 80.5 cm³/mol. The van der Waals surface area contributed by atoms with Gasteiger partial charge >= 0.3 is 0 Å². The van der Waals surface area contributed by atoms with Crippen LogP contribution in [0.5, 0.6) is 0 Å². The Labute approximate surface area is 126 Å². The van der Waals surface area contributed by atoms with E-state index in [1.54, 1.807) is 24.3 Å². The number of benzene rings is 1. The van der Waals surface area contributed by atoms with Gasteiger partial charge in [0.1, 0.15) is 0 Å². The van der Waals surface area contributed by atoms with Gasteiger partial charge in [0.25, 0.3) is 0 Å². The molecule has 3 rings (SSSR count). The number of likely N-dealkylation sites (N-methyl/N-ethyl adjacent to an activating group) is 1. The molecule has 1 spiro atoms. The Morgan fingerprint density at radius 3 is 2.71 bits per heavy atom. The van der Waals surface area contributed by atoms with Gasteiger partial charge in [-0.15, -0.1) is 0 Å². The molecule has 2 aliphatic heterocycles. The molecule has 5 nitrogen and oxygen atoms in total. The van der Waals surface area contributed by atoms with Gasteiger partial charge in [-0.25, -0.2) is 13.1 Å². The first-order chi connectivity index (χ1) is 10.0. The van der Waals surface area contributed by atoms with Crippen LogP contribution in [-0.4, -0.2) is 52.2 Å². The first-order valence-electron chi connectivity index (χ1n) is 7.39. The van der Waals surface area contributed by atoms with E-state index in [1.807, 2.05) is 6.07 Å². The van der Waals surface area contributed by atoms with Crippen molar-refractivity contribution in [3.05, 3.63) is 30.3 Å². The average Bonchev–Trinajstić information content (AvgIpc) is 2.83. The normalized spacial score (nSPS) is 25.1. The summed E-state index contributed by atoms with van der Waals surface area (Å²) < 4.78 is 32.9. The minimum atomic E-state index is -3.39. The zero-order valence-corrected chi connectivity index (χ0v) is 13.1. The van der Waals surface area contributed by atoms with Crippen molar-refractivity contribution >= 4 is 10.0 Å². The Balaban J connectivity index is 1.55.